The number of allylic oxidation sites excluding steroid dienone is 4. The van der Waals surface area contributed by atoms with Gasteiger partial charge in [0.2, 0.25) is 0 Å². The molecule has 0 saturated carbocycles. The Labute approximate surface area is 198 Å². The Kier molecular flexibility index (Phi) is 4.70. The smallest absolute Gasteiger partial charge is 0.168 e. The molecule has 2 N–H and O–H groups in total. The van der Waals surface area contributed by atoms with Crippen LogP contribution in [-0.2, 0) is 0 Å². The van der Waals surface area contributed by atoms with Crippen LogP contribution in [0.25, 0.3) is 27.5 Å². The lowest BCUT2D eigenvalue weighted by Gasteiger charge is -2.31. The number of nitrogen functional groups attached to an aromatic ring is 1. The minimum Gasteiger partial charge on any atom is -0.399 e. The third-order valence-electron chi connectivity index (χ3n) is 6.84. The quantitative estimate of drug-likeness (QED) is 0.318. The Balaban J connectivity index is 1.62. The summed E-state index contributed by atoms with van der Waals surface area (Å²) in [7, 11) is 0. The molecule has 1 unspecified atom stereocenters. The predicted molar refractivity (Wildman–Crippen MR) is 138 cm³/mol. The van der Waals surface area contributed by atoms with Crippen LogP contribution in [0.4, 0.5) is 5.69 Å². The molecule has 0 radical (unpaired) electrons. The van der Waals surface area contributed by atoms with Crippen molar-refractivity contribution in [3.63, 3.8) is 0 Å². The number of carbonyl (C=O) groups is 1. The molecule has 2 nitrogen and oxygen atoms in total. The first-order valence-electron chi connectivity index (χ1n) is 11.2. The lowest BCUT2D eigenvalue weighted by Crippen LogP contribution is -2.18. The van der Waals surface area contributed by atoms with Crippen LogP contribution in [0.5, 0.6) is 0 Å². The van der Waals surface area contributed by atoms with Crippen LogP contribution < -0.4 is 5.73 Å². The van der Waals surface area contributed by atoms with Gasteiger partial charge in [0.1, 0.15) is 0 Å². The molecule has 0 aromatic heterocycles. The number of rotatable bonds is 2. The van der Waals surface area contributed by atoms with Gasteiger partial charge in [-0.2, -0.15) is 0 Å². The highest BCUT2D eigenvalue weighted by atomic mass is 35.5. The van der Waals surface area contributed by atoms with E-state index in [-0.39, 0.29) is 11.7 Å². The standard InChI is InChI=1S/C30H22ClNO/c31-21-12-9-19(10-13-21)26-16-22(32)15-20-11-14-25-24-8-4-7-23(18-5-2-1-3-6-18)27(24)17-28(33)30(25)29(20)26/h1-6,8-16,23H,7,17,32H2. The number of Topliss-reactive ketones (excluding diaryl/α,β-unsaturated/α-hetero) is 1. The molecule has 0 fully saturated rings. The number of ketones is 1. The number of fused-ring (bicyclic) bond motifs is 4. The van der Waals surface area contributed by atoms with Crippen molar-refractivity contribution in [2.24, 2.45) is 0 Å². The lowest BCUT2D eigenvalue weighted by atomic mass is 9.72. The highest BCUT2D eigenvalue weighted by molar-refractivity contribution is 6.30. The minimum atomic E-state index is 0.172. The summed E-state index contributed by atoms with van der Waals surface area (Å²) in [5.74, 6) is 0.409. The van der Waals surface area contributed by atoms with Gasteiger partial charge in [0.05, 0.1) is 0 Å². The van der Waals surface area contributed by atoms with Gasteiger partial charge in [-0.1, -0.05) is 78.4 Å². The van der Waals surface area contributed by atoms with Crippen molar-refractivity contribution in [2.75, 3.05) is 5.73 Å². The fourth-order valence-electron chi connectivity index (χ4n) is 5.38. The Bertz CT molecular complexity index is 1480. The van der Waals surface area contributed by atoms with E-state index in [4.69, 9.17) is 17.3 Å². The van der Waals surface area contributed by atoms with Crippen molar-refractivity contribution in [3.05, 3.63) is 118 Å². The largest absolute Gasteiger partial charge is 0.399 e. The second-order valence-electron chi connectivity index (χ2n) is 8.80. The maximum absolute atomic E-state index is 13.7. The summed E-state index contributed by atoms with van der Waals surface area (Å²) in [4.78, 5) is 13.7. The zero-order valence-corrected chi connectivity index (χ0v) is 18.8. The van der Waals surface area contributed by atoms with E-state index in [1.54, 1.807) is 0 Å². The second-order valence-corrected chi connectivity index (χ2v) is 9.24. The zero-order chi connectivity index (χ0) is 22.5. The molecule has 0 saturated heterocycles. The van der Waals surface area contributed by atoms with Crippen molar-refractivity contribution in [1.82, 2.24) is 0 Å². The van der Waals surface area contributed by atoms with Crippen molar-refractivity contribution >= 4 is 39.4 Å². The molecule has 4 aromatic rings. The molecule has 3 heteroatoms. The molecule has 0 spiro atoms. The lowest BCUT2D eigenvalue weighted by molar-refractivity contribution is 0.0991. The number of anilines is 1. The van der Waals surface area contributed by atoms with Gasteiger partial charge in [-0.05, 0) is 69.5 Å². The van der Waals surface area contributed by atoms with Crippen LogP contribution in [0, 0.1) is 0 Å². The first kappa shape index (κ1) is 20.0. The molecule has 33 heavy (non-hydrogen) atoms. The van der Waals surface area contributed by atoms with Gasteiger partial charge in [-0.3, -0.25) is 4.79 Å². The van der Waals surface area contributed by atoms with Crippen LogP contribution in [0.15, 0.2) is 96.6 Å². The summed E-state index contributed by atoms with van der Waals surface area (Å²) in [5, 5.41) is 2.63. The van der Waals surface area contributed by atoms with Crippen molar-refractivity contribution in [2.45, 2.75) is 18.8 Å². The van der Waals surface area contributed by atoms with E-state index in [9.17, 15) is 4.79 Å². The van der Waals surface area contributed by atoms with Crippen LogP contribution >= 0.6 is 11.6 Å². The number of halogens is 1. The van der Waals surface area contributed by atoms with E-state index >= 15 is 0 Å². The third-order valence-corrected chi connectivity index (χ3v) is 7.09. The van der Waals surface area contributed by atoms with Crippen molar-refractivity contribution in [1.29, 1.82) is 0 Å². The van der Waals surface area contributed by atoms with Gasteiger partial charge in [-0.15, -0.1) is 0 Å². The fourth-order valence-corrected chi connectivity index (χ4v) is 5.51. The SMILES string of the molecule is Nc1cc(-c2ccc(Cl)cc2)c2c3c(ccc2c1)C1=C(CC3=O)C(c2ccccc2)CC=C1. The maximum Gasteiger partial charge on any atom is 0.168 e. The van der Waals surface area contributed by atoms with E-state index < -0.39 is 0 Å². The summed E-state index contributed by atoms with van der Waals surface area (Å²) in [6.45, 7) is 0. The first-order chi connectivity index (χ1) is 16.1. The fraction of sp³-hybridized carbons (Fsp3) is 0.100. The van der Waals surface area contributed by atoms with Crippen LogP contribution in [0.3, 0.4) is 0 Å². The number of hydrogen-bond acceptors (Lipinski definition) is 2. The van der Waals surface area contributed by atoms with Gasteiger partial charge in [0.25, 0.3) is 0 Å². The summed E-state index contributed by atoms with van der Waals surface area (Å²) >= 11 is 6.14. The maximum atomic E-state index is 13.7. The predicted octanol–water partition coefficient (Wildman–Crippen LogP) is 7.83. The van der Waals surface area contributed by atoms with Gasteiger partial charge >= 0.3 is 0 Å². The Morgan fingerprint density at radius 1 is 0.879 bits per heavy atom. The third kappa shape index (κ3) is 3.30. The summed E-state index contributed by atoms with van der Waals surface area (Å²) in [5.41, 5.74) is 14.4. The average molecular weight is 448 g/mol. The second kappa shape index (κ2) is 7.75. The molecule has 0 amide bonds. The van der Waals surface area contributed by atoms with Crippen molar-refractivity contribution in [3.8, 4) is 11.1 Å². The van der Waals surface area contributed by atoms with Crippen molar-refractivity contribution < 1.29 is 4.79 Å². The molecule has 0 bridgehead atoms. The summed E-state index contributed by atoms with van der Waals surface area (Å²) in [6.07, 6.45) is 5.80. The summed E-state index contributed by atoms with van der Waals surface area (Å²) in [6, 6.07) is 26.3. The number of nitrogens with two attached hydrogens (primary N) is 1. The highest BCUT2D eigenvalue weighted by Crippen LogP contribution is 2.47. The van der Waals surface area contributed by atoms with Gasteiger partial charge in [0.15, 0.2) is 5.78 Å². The number of carbonyl (C=O) groups excluding carboxylic acids is 1. The number of hydrogen-bond donors (Lipinski definition) is 1. The monoisotopic (exact) mass is 447 g/mol. The zero-order valence-electron chi connectivity index (χ0n) is 18.0. The first-order valence-corrected chi connectivity index (χ1v) is 11.6. The van der Waals surface area contributed by atoms with Gasteiger partial charge in [0, 0.05) is 34.0 Å². The molecule has 2 aliphatic rings. The van der Waals surface area contributed by atoms with Crippen LogP contribution in [0.2, 0.25) is 5.02 Å². The normalized spacial score (nSPS) is 17.2. The molecular weight excluding hydrogens is 426 g/mol. The van der Waals surface area contributed by atoms with E-state index in [1.807, 2.05) is 42.5 Å². The average Bonchev–Trinajstić information content (AvgIpc) is 2.84. The molecular formula is C30H22ClNO. The number of benzene rings is 4. The topological polar surface area (TPSA) is 43.1 Å². The van der Waals surface area contributed by atoms with E-state index in [0.717, 1.165) is 39.4 Å². The molecule has 1 atom stereocenters. The van der Waals surface area contributed by atoms with Gasteiger partial charge in [-0.25, -0.2) is 0 Å². The Morgan fingerprint density at radius 3 is 2.45 bits per heavy atom. The van der Waals surface area contributed by atoms with Crippen LogP contribution in [-0.4, -0.2) is 5.78 Å². The minimum absolute atomic E-state index is 0.172. The van der Waals surface area contributed by atoms with Gasteiger partial charge < -0.3 is 5.73 Å². The van der Waals surface area contributed by atoms with E-state index in [2.05, 4.69) is 48.6 Å². The molecule has 4 aromatic carbocycles. The Hall–Kier alpha value is -3.62. The molecule has 2 aliphatic carbocycles. The highest BCUT2D eigenvalue weighted by Gasteiger charge is 2.32. The summed E-state index contributed by atoms with van der Waals surface area (Å²) < 4.78 is 0. The van der Waals surface area contributed by atoms with E-state index in [0.29, 0.717) is 17.1 Å². The molecule has 160 valence electrons. The molecule has 0 aliphatic heterocycles. The van der Waals surface area contributed by atoms with Crippen LogP contribution in [0.1, 0.15) is 40.2 Å². The Morgan fingerprint density at radius 2 is 1.67 bits per heavy atom. The molecule has 0 heterocycles. The van der Waals surface area contributed by atoms with E-state index in [1.165, 1.54) is 16.7 Å². The molecule has 6 rings (SSSR count).